The number of carbonyl (C=O) groups is 1. The number of hydrogen-bond acceptors (Lipinski definition) is 6. The first-order valence-corrected chi connectivity index (χ1v) is 8.43. The van der Waals surface area contributed by atoms with Crippen LogP contribution in [0.4, 0.5) is 0 Å². The lowest BCUT2D eigenvalue weighted by atomic mass is 9.86. The highest BCUT2D eigenvalue weighted by atomic mass is 16.6. The maximum Gasteiger partial charge on any atom is 0.308 e. The molecule has 24 heavy (non-hydrogen) atoms. The summed E-state index contributed by atoms with van der Waals surface area (Å²) in [6.07, 6.45) is 4.61. The monoisotopic (exact) mass is 336 g/mol. The van der Waals surface area contributed by atoms with Crippen LogP contribution in [0, 0.1) is 5.92 Å². The van der Waals surface area contributed by atoms with Gasteiger partial charge in [-0.1, -0.05) is 0 Å². The Kier molecular flexibility index (Phi) is 6.87. The van der Waals surface area contributed by atoms with Crippen molar-refractivity contribution in [2.45, 2.75) is 45.2 Å². The van der Waals surface area contributed by atoms with Crippen molar-refractivity contribution in [2.24, 2.45) is 11.7 Å². The van der Waals surface area contributed by atoms with E-state index < -0.39 is 5.97 Å². The van der Waals surface area contributed by atoms with Crippen molar-refractivity contribution in [1.29, 1.82) is 0 Å². The predicted molar refractivity (Wildman–Crippen MR) is 92.5 cm³/mol. The second-order valence-corrected chi connectivity index (χ2v) is 6.33. The molecule has 1 aliphatic carbocycles. The molecule has 1 aromatic rings. The standard InChI is InChI=1S/C18H28N2O4/c1-12(21)24-18-16(22-2)8-14(9-17(18)23-3)11-20-10-13-4-6-15(19)7-5-13/h8-9,13,15,20H,4-7,10-11,19H2,1-3H3/t13-,15+. The molecule has 1 saturated carbocycles. The van der Waals surface area contributed by atoms with E-state index in [2.05, 4.69) is 5.32 Å². The van der Waals surface area contributed by atoms with Crippen molar-refractivity contribution in [3.63, 3.8) is 0 Å². The zero-order valence-corrected chi connectivity index (χ0v) is 14.8. The maximum absolute atomic E-state index is 11.2. The maximum atomic E-state index is 11.2. The summed E-state index contributed by atoms with van der Waals surface area (Å²) in [5.74, 6) is 1.58. The second kappa shape index (κ2) is 8.89. The van der Waals surface area contributed by atoms with Gasteiger partial charge < -0.3 is 25.3 Å². The van der Waals surface area contributed by atoms with E-state index in [1.54, 1.807) is 14.2 Å². The molecule has 0 aromatic heterocycles. The fourth-order valence-electron chi connectivity index (χ4n) is 3.09. The summed E-state index contributed by atoms with van der Waals surface area (Å²) >= 11 is 0. The number of ether oxygens (including phenoxy) is 3. The molecule has 6 heteroatoms. The largest absolute Gasteiger partial charge is 0.493 e. The average Bonchev–Trinajstić information content (AvgIpc) is 2.57. The Labute approximate surface area is 143 Å². The summed E-state index contributed by atoms with van der Waals surface area (Å²) in [6, 6.07) is 4.11. The van der Waals surface area contributed by atoms with Gasteiger partial charge in [0.15, 0.2) is 11.5 Å². The third-order valence-electron chi connectivity index (χ3n) is 4.42. The molecule has 0 heterocycles. The molecule has 6 nitrogen and oxygen atoms in total. The lowest BCUT2D eigenvalue weighted by Crippen LogP contribution is -2.31. The van der Waals surface area contributed by atoms with Gasteiger partial charge in [-0.2, -0.15) is 0 Å². The van der Waals surface area contributed by atoms with Crippen molar-refractivity contribution >= 4 is 5.97 Å². The Hall–Kier alpha value is -1.79. The number of methoxy groups -OCH3 is 2. The molecule has 0 radical (unpaired) electrons. The van der Waals surface area contributed by atoms with E-state index in [4.69, 9.17) is 19.9 Å². The highest BCUT2D eigenvalue weighted by Gasteiger charge is 2.19. The molecule has 0 bridgehead atoms. The number of nitrogens with two attached hydrogens (primary N) is 1. The van der Waals surface area contributed by atoms with Crippen LogP contribution in [0.25, 0.3) is 0 Å². The lowest BCUT2D eigenvalue weighted by molar-refractivity contribution is -0.132. The molecule has 134 valence electrons. The van der Waals surface area contributed by atoms with Crippen LogP contribution < -0.4 is 25.3 Å². The molecule has 1 fully saturated rings. The quantitative estimate of drug-likeness (QED) is 0.587. The lowest BCUT2D eigenvalue weighted by Gasteiger charge is -2.26. The van der Waals surface area contributed by atoms with Crippen LogP contribution in [-0.4, -0.2) is 32.8 Å². The Morgan fingerprint density at radius 3 is 2.25 bits per heavy atom. The normalized spacial score (nSPS) is 20.5. The smallest absolute Gasteiger partial charge is 0.308 e. The van der Waals surface area contributed by atoms with Gasteiger partial charge in [-0.15, -0.1) is 0 Å². The molecule has 3 N–H and O–H groups in total. The van der Waals surface area contributed by atoms with Crippen molar-refractivity contribution < 1.29 is 19.0 Å². The van der Waals surface area contributed by atoms with E-state index in [-0.39, 0.29) is 0 Å². The first-order valence-electron chi connectivity index (χ1n) is 8.43. The number of nitrogens with one attached hydrogen (secondary N) is 1. The minimum atomic E-state index is -0.409. The highest BCUT2D eigenvalue weighted by molar-refractivity contribution is 5.72. The van der Waals surface area contributed by atoms with Crippen molar-refractivity contribution in [3.05, 3.63) is 17.7 Å². The van der Waals surface area contributed by atoms with Crippen LogP contribution in [0.1, 0.15) is 38.2 Å². The van der Waals surface area contributed by atoms with Crippen LogP contribution >= 0.6 is 0 Å². The van der Waals surface area contributed by atoms with Crippen molar-refractivity contribution in [2.75, 3.05) is 20.8 Å². The Morgan fingerprint density at radius 1 is 1.17 bits per heavy atom. The summed E-state index contributed by atoms with van der Waals surface area (Å²) in [5, 5.41) is 3.49. The Bertz CT molecular complexity index is 529. The van der Waals surface area contributed by atoms with E-state index in [1.807, 2.05) is 12.1 Å². The fraction of sp³-hybridized carbons (Fsp3) is 0.611. The van der Waals surface area contributed by atoms with Gasteiger partial charge in [0.25, 0.3) is 0 Å². The van der Waals surface area contributed by atoms with E-state index in [1.165, 1.54) is 19.8 Å². The molecule has 1 aromatic carbocycles. The van der Waals surface area contributed by atoms with Crippen LogP contribution in [0.3, 0.4) is 0 Å². The first kappa shape index (κ1) is 18.5. The van der Waals surface area contributed by atoms with Crippen LogP contribution in [-0.2, 0) is 11.3 Å². The molecule has 1 aliphatic rings. The minimum absolute atomic E-state index is 0.317. The van der Waals surface area contributed by atoms with Gasteiger partial charge in [-0.3, -0.25) is 4.79 Å². The van der Waals surface area contributed by atoms with Gasteiger partial charge in [0, 0.05) is 19.5 Å². The number of hydrogen-bond donors (Lipinski definition) is 2. The molecule has 0 amide bonds. The second-order valence-electron chi connectivity index (χ2n) is 6.33. The summed E-state index contributed by atoms with van der Waals surface area (Å²) in [7, 11) is 3.09. The molecule has 0 spiro atoms. The third kappa shape index (κ3) is 5.11. The summed E-state index contributed by atoms with van der Waals surface area (Å²) in [4.78, 5) is 11.2. The third-order valence-corrected chi connectivity index (χ3v) is 4.42. The Morgan fingerprint density at radius 2 is 1.75 bits per heavy atom. The van der Waals surface area contributed by atoms with Gasteiger partial charge in [-0.05, 0) is 55.8 Å². The van der Waals surface area contributed by atoms with E-state index in [9.17, 15) is 4.79 Å². The SMILES string of the molecule is COc1cc(CNC[C@H]2CC[C@@H](N)CC2)cc(OC)c1OC(C)=O. The van der Waals surface area contributed by atoms with E-state index in [0.717, 1.165) is 24.9 Å². The topological polar surface area (TPSA) is 82.8 Å². The van der Waals surface area contributed by atoms with Gasteiger partial charge >= 0.3 is 5.97 Å². The number of benzene rings is 1. The average molecular weight is 336 g/mol. The fourth-order valence-corrected chi connectivity index (χ4v) is 3.09. The number of esters is 1. The van der Waals surface area contributed by atoms with Crippen LogP contribution in [0.15, 0.2) is 12.1 Å². The number of carbonyl (C=O) groups excluding carboxylic acids is 1. The zero-order valence-electron chi connectivity index (χ0n) is 14.8. The molecule has 0 saturated heterocycles. The molecule has 0 atom stereocenters. The van der Waals surface area contributed by atoms with E-state index >= 15 is 0 Å². The summed E-state index contributed by atoms with van der Waals surface area (Å²) in [6.45, 7) is 3.03. The molecule has 0 aliphatic heterocycles. The highest BCUT2D eigenvalue weighted by Crippen LogP contribution is 2.38. The first-order chi connectivity index (χ1) is 11.5. The van der Waals surface area contributed by atoms with Gasteiger partial charge in [0.1, 0.15) is 0 Å². The minimum Gasteiger partial charge on any atom is -0.493 e. The van der Waals surface area contributed by atoms with Gasteiger partial charge in [0.2, 0.25) is 5.75 Å². The molecule has 0 unspecified atom stereocenters. The zero-order chi connectivity index (χ0) is 17.5. The van der Waals surface area contributed by atoms with Gasteiger partial charge in [-0.25, -0.2) is 0 Å². The summed E-state index contributed by atoms with van der Waals surface area (Å²) in [5.41, 5.74) is 6.97. The van der Waals surface area contributed by atoms with Gasteiger partial charge in [0.05, 0.1) is 14.2 Å². The van der Waals surface area contributed by atoms with Crippen LogP contribution in [0.5, 0.6) is 17.2 Å². The van der Waals surface area contributed by atoms with E-state index in [0.29, 0.717) is 35.8 Å². The Balaban J connectivity index is 1.98. The number of rotatable bonds is 7. The van der Waals surface area contributed by atoms with Crippen molar-refractivity contribution in [3.8, 4) is 17.2 Å². The molecular formula is C18H28N2O4. The summed E-state index contributed by atoms with van der Waals surface area (Å²) < 4.78 is 15.9. The molecule has 2 rings (SSSR count). The van der Waals surface area contributed by atoms with Crippen molar-refractivity contribution in [1.82, 2.24) is 5.32 Å². The predicted octanol–water partition coefficient (Wildman–Crippen LogP) is 2.24. The van der Waals surface area contributed by atoms with Crippen LogP contribution in [0.2, 0.25) is 0 Å². The molecular weight excluding hydrogens is 308 g/mol.